The zero-order valence-electron chi connectivity index (χ0n) is 15.3. The number of amides is 2. The standard InChI is InChI=1S/C20H26N4O3/c25-19(26)7-6-18(12-15-4-2-1-3-5-15)23-20(27)24-10-8-16(9-11-24)17-13-21-22-14-17/h1-5,13-14,16,18H,6-12H2,(H,21,22)(H,23,27)(H,25,26). The number of H-pyrrole nitrogens is 1. The summed E-state index contributed by atoms with van der Waals surface area (Å²) < 4.78 is 0. The van der Waals surface area contributed by atoms with Crippen LogP contribution < -0.4 is 5.32 Å². The maximum atomic E-state index is 12.7. The van der Waals surface area contributed by atoms with Crippen molar-refractivity contribution in [2.75, 3.05) is 13.1 Å². The summed E-state index contributed by atoms with van der Waals surface area (Å²) in [7, 11) is 0. The maximum absolute atomic E-state index is 12.7. The molecular weight excluding hydrogens is 344 g/mol. The van der Waals surface area contributed by atoms with Gasteiger partial charge in [0, 0.05) is 31.7 Å². The number of urea groups is 1. The number of carbonyl (C=O) groups is 2. The molecule has 0 radical (unpaired) electrons. The van der Waals surface area contributed by atoms with Crippen molar-refractivity contribution in [2.45, 2.75) is 44.1 Å². The fraction of sp³-hybridized carbons (Fsp3) is 0.450. The van der Waals surface area contributed by atoms with Crippen molar-refractivity contribution in [3.8, 4) is 0 Å². The minimum atomic E-state index is -0.844. The second kappa shape index (κ2) is 9.21. The minimum Gasteiger partial charge on any atom is -0.481 e. The van der Waals surface area contributed by atoms with Crippen LogP contribution in [0.1, 0.15) is 42.7 Å². The van der Waals surface area contributed by atoms with Gasteiger partial charge in [-0.1, -0.05) is 30.3 Å². The molecule has 2 amide bonds. The molecule has 1 fully saturated rings. The zero-order valence-corrected chi connectivity index (χ0v) is 15.3. The average molecular weight is 370 g/mol. The Hall–Kier alpha value is -2.83. The van der Waals surface area contributed by atoms with Crippen LogP contribution in [0, 0.1) is 0 Å². The van der Waals surface area contributed by atoms with Crippen LogP contribution in [-0.2, 0) is 11.2 Å². The second-order valence-electron chi connectivity index (χ2n) is 7.06. The van der Waals surface area contributed by atoms with E-state index in [0.29, 0.717) is 31.8 Å². The monoisotopic (exact) mass is 370 g/mol. The van der Waals surface area contributed by atoms with Gasteiger partial charge in [-0.2, -0.15) is 5.10 Å². The van der Waals surface area contributed by atoms with Crippen LogP contribution in [0.3, 0.4) is 0 Å². The molecule has 3 rings (SSSR count). The Labute approximate surface area is 158 Å². The van der Waals surface area contributed by atoms with E-state index in [4.69, 9.17) is 5.11 Å². The summed E-state index contributed by atoms with van der Waals surface area (Å²) >= 11 is 0. The van der Waals surface area contributed by atoms with Crippen molar-refractivity contribution in [1.82, 2.24) is 20.4 Å². The van der Waals surface area contributed by atoms with Crippen LogP contribution in [0.25, 0.3) is 0 Å². The molecule has 0 saturated carbocycles. The molecule has 1 aromatic heterocycles. The van der Waals surface area contributed by atoms with E-state index >= 15 is 0 Å². The molecule has 7 heteroatoms. The Balaban J connectivity index is 1.54. The van der Waals surface area contributed by atoms with Gasteiger partial charge in [0.05, 0.1) is 6.20 Å². The number of hydrogen-bond donors (Lipinski definition) is 3. The number of carbonyl (C=O) groups excluding carboxylic acids is 1. The Bertz CT molecular complexity index is 725. The number of nitrogens with zero attached hydrogens (tertiary/aromatic N) is 2. The molecule has 144 valence electrons. The highest BCUT2D eigenvalue weighted by Gasteiger charge is 2.25. The van der Waals surface area contributed by atoms with Crippen molar-refractivity contribution in [3.05, 3.63) is 53.9 Å². The van der Waals surface area contributed by atoms with E-state index in [1.807, 2.05) is 47.6 Å². The Morgan fingerprint density at radius 2 is 2.00 bits per heavy atom. The molecule has 1 unspecified atom stereocenters. The van der Waals surface area contributed by atoms with Gasteiger partial charge >= 0.3 is 12.0 Å². The predicted octanol–water partition coefficient (Wildman–Crippen LogP) is 2.77. The molecule has 2 heterocycles. The molecular formula is C20H26N4O3. The maximum Gasteiger partial charge on any atom is 0.317 e. The lowest BCUT2D eigenvalue weighted by Gasteiger charge is -2.33. The van der Waals surface area contributed by atoms with Gasteiger partial charge in [0.25, 0.3) is 0 Å². The van der Waals surface area contributed by atoms with Gasteiger partial charge in [-0.25, -0.2) is 4.79 Å². The van der Waals surface area contributed by atoms with E-state index in [1.165, 1.54) is 5.56 Å². The summed E-state index contributed by atoms with van der Waals surface area (Å²) in [4.78, 5) is 25.5. The minimum absolute atomic E-state index is 0.0420. The van der Waals surface area contributed by atoms with Crippen LogP contribution in [0.2, 0.25) is 0 Å². The number of aliphatic carboxylic acids is 1. The Kier molecular flexibility index (Phi) is 6.46. The predicted molar refractivity (Wildman–Crippen MR) is 101 cm³/mol. The van der Waals surface area contributed by atoms with Crippen LogP contribution >= 0.6 is 0 Å². The number of hydrogen-bond acceptors (Lipinski definition) is 3. The largest absolute Gasteiger partial charge is 0.481 e. The summed E-state index contributed by atoms with van der Waals surface area (Å²) in [5, 5.41) is 18.9. The smallest absolute Gasteiger partial charge is 0.317 e. The lowest BCUT2D eigenvalue weighted by atomic mass is 9.92. The normalized spacial score (nSPS) is 16.1. The number of carboxylic acids is 1. The van der Waals surface area contributed by atoms with Crippen molar-refractivity contribution in [3.63, 3.8) is 0 Å². The third-order valence-corrected chi connectivity index (χ3v) is 5.13. The quantitative estimate of drug-likeness (QED) is 0.698. The molecule has 1 saturated heterocycles. The van der Waals surface area contributed by atoms with Gasteiger partial charge in [-0.05, 0) is 42.7 Å². The van der Waals surface area contributed by atoms with Crippen molar-refractivity contribution in [2.24, 2.45) is 0 Å². The van der Waals surface area contributed by atoms with Crippen LogP contribution in [0.4, 0.5) is 4.79 Å². The first-order chi connectivity index (χ1) is 13.1. The summed E-state index contributed by atoms with van der Waals surface area (Å²) in [6, 6.07) is 9.54. The first-order valence-electron chi connectivity index (χ1n) is 9.41. The number of likely N-dealkylation sites (tertiary alicyclic amines) is 1. The van der Waals surface area contributed by atoms with Crippen molar-refractivity contribution in [1.29, 1.82) is 0 Å². The molecule has 7 nitrogen and oxygen atoms in total. The summed E-state index contributed by atoms with van der Waals surface area (Å²) in [5.41, 5.74) is 2.28. The van der Waals surface area contributed by atoms with Crippen LogP contribution in [-0.4, -0.2) is 51.3 Å². The molecule has 1 aliphatic rings. The third kappa shape index (κ3) is 5.57. The Morgan fingerprint density at radius 3 is 2.63 bits per heavy atom. The van der Waals surface area contributed by atoms with E-state index < -0.39 is 5.97 Å². The molecule has 27 heavy (non-hydrogen) atoms. The van der Waals surface area contributed by atoms with E-state index in [2.05, 4.69) is 15.5 Å². The molecule has 0 spiro atoms. The summed E-state index contributed by atoms with van der Waals surface area (Å²) in [6.45, 7) is 1.39. The lowest BCUT2D eigenvalue weighted by molar-refractivity contribution is -0.137. The van der Waals surface area contributed by atoms with Gasteiger partial charge in [0.1, 0.15) is 0 Å². The first-order valence-corrected chi connectivity index (χ1v) is 9.41. The van der Waals surface area contributed by atoms with Crippen LogP contribution in [0.15, 0.2) is 42.7 Å². The highest BCUT2D eigenvalue weighted by atomic mass is 16.4. The highest BCUT2D eigenvalue weighted by Crippen LogP contribution is 2.27. The Morgan fingerprint density at radius 1 is 1.26 bits per heavy atom. The van der Waals surface area contributed by atoms with Crippen molar-refractivity contribution < 1.29 is 14.7 Å². The molecule has 0 aliphatic carbocycles. The number of benzene rings is 1. The molecule has 1 aromatic carbocycles. The molecule has 1 atom stereocenters. The van der Waals surface area contributed by atoms with Gasteiger partial charge in [-0.3, -0.25) is 9.89 Å². The SMILES string of the molecule is O=C(O)CCC(Cc1ccccc1)NC(=O)N1CCC(c2cn[nH]c2)CC1. The number of carboxylic acid groups (broad SMARTS) is 1. The topological polar surface area (TPSA) is 98.3 Å². The summed E-state index contributed by atoms with van der Waals surface area (Å²) in [5.74, 6) is -0.414. The number of rotatable bonds is 7. The molecule has 1 aliphatic heterocycles. The zero-order chi connectivity index (χ0) is 19.1. The van der Waals surface area contributed by atoms with Crippen molar-refractivity contribution >= 4 is 12.0 Å². The number of aromatic nitrogens is 2. The molecule has 0 bridgehead atoms. The van der Waals surface area contributed by atoms with Gasteiger partial charge in [-0.15, -0.1) is 0 Å². The highest BCUT2D eigenvalue weighted by molar-refractivity contribution is 5.75. The molecule has 3 N–H and O–H groups in total. The first kappa shape index (κ1) is 18.9. The molecule has 2 aromatic rings. The number of aromatic amines is 1. The van der Waals surface area contributed by atoms with Gasteiger partial charge in [0.15, 0.2) is 0 Å². The summed E-state index contributed by atoms with van der Waals surface area (Å²) in [6.07, 6.45) is 6.67. The van der Waals surface area contributed by atoms with E-state index in [-0.39, 0.29) is 18.5 Å². The van der Waals surface area contributed by atoms with E-state index in [0.717, 1.165) is 18.4 Å². The van der Waals surface area contributed by atoms with E-state index in [9.17, 15) is 9.59 Å². The number of piperidine rings is 1. The second-order valence-corrected chi connectivity index (χ2v) is 7.06. The number of nitrogens with one attached hydrogen (secondary N) is 2. The van der Waals surface area contributed by atoms with E-state index in [1.54, 1.807) is 0 Å². The average Bonchev–Trinajstić information content (AvgIpc) is 3.22. The fourth-order valence-electron chi connectivity index (χ4n) is 3.59. The lowest BCUT2D eigenvalue weighted by Crippen LogP contribution is -2.48. The van der Waals surface area contributed by atoms with Gasteiger partial charge < -0.3 is 15.3 Å². The fourth-order valence-corrected chi connectivity index (χ4v) is 3.59. The van der Waals surface area contributed by atoms with Gasteiger partial charge in [0.2, 0.25) is 0 Å². The van der Waals surface area contributed by atoms with Crippen LogP contribution in [0.5, 0.6) is 0 Å². The third-order valence-electron chi connectivity index (χ3n) is 5.13.